The summed E-state index contributed by atoms with van der Waals surface area (Å²) in [5.74, 6) is 0. The molecular weight excluding hydrogens is 208 g/mol. The number of hydrogen-bond donors (Lipinski definition) is 3. The molecule has 16 heavy (non-hydrogen) atoms. The molecule has 0 saturated carbocycles. The van der Waals surface area contributed by atoms with Crippen LogP contribution in [-0.2, 0) is 0 Å². The average Bonchev–Trinajstić information content (AvgIpc) is 2.18. The number of rotatable bonds is 1. The molecule has 0 aromatic heterocycles. The molecule has 0 radical (unpaired) electrons. The van der Waals surface area contributed by atoms with E-state index in [2.05, 4.69) is 5.32 Å². The number of benzene rings is 1. The van der Waals surface area contributed by atoms with Crippen LogP contribution in [-0.4, -0.2) is 21.9 Å². The normalized spacial score (nSPS) is 9.38. The van der Waals surface area contributed by atoms with Gasteiger partial charge in [0, 0.05) is 5.69 Å². The van der Waals surface area contributed by atoms with Crippen molar-refractivity contribution in [2.75, 3.05) is 5.32 Å². The van der Waals surface area contributed by atoms with E-state index in [9.17, 15) is 4.79 Å². The van der Waals surface area contributed by atoms with Crippen LogP contribution >= 0.6 is 0 Å². The highest BCUT2D eigenvalue weighted by Crippen LogP contribution is 2.03. The molecule has 0 heterocycles. The summed E-state index contributed by atoms with van der Waals surface area (Å²) in [6, 6.07) is 10.4. The SMILES string of the molecule is CC(C)(O)C#N.O=C(O)Nc1ccccc1. The Kier molecular flexibility index (Phi) is 5.60. The number of para-hydroxylation sites is 1. The van der Waals surface area contributed by atoms with Crippen LogP contribution in [0, 0.1) is 11.3 Å². The third-order valence-electron chi connectivity index (χ3n) is 1.30. The van der Waals surface area contributed by atoms with Crippen LogP contribution in [0.25, 0.3) is 0 Å². The van der Waals surface area contributed by atoms with E-state index in [1.807, 2.05) is 6.07 Å². The number of aliphatic hydroxyl groups is 1. The van der Waals surface area contributed by atoms with E-state index in [0.29, 0.717) is 5.69 Å². The monoisotopic (exact) mass is 222 g/mol. The number of anilines is 1. The Morgan fingerprint density at radius 3 is 2.12 bits per heavy atom. The largest absolute Gasteiger partial charge is 0.465 e. The molecule has 0 aliphatic heterocycles. The minimum absolute atomic E-state index is 0.593. The van der Waals surface area contributed by atoms with Crippen LogP contribution in [0.1, 0.15) is 13.8 Å². The van der Waals surface area contributed by atoms with Gasteiger partial charge >= 0.3 is 6.09 Å². The van der Waals surface area contributed by atoms with Gasteiger partial charge in [0.15, 0.2) is 0 Å². The van der Waals surface area contributed by atoms with Gasteiger partial charge in [-0.15, -0.1) is 0 Å². The van der Waals surface area contributed by atoms with Crippen LogP contribution < -0.4 is 5.32 Å². The Bertz CT molecular complexity index is 363. The predicted octanol–water partition coefficient (Wildman–Crippen LogP) is 2.06. The fourth-order valence-electron chi connectivity index (χ4n) is 0.645. The number of nitrogens with one attached hydrogen (secondary N) is 1. The number of nitrogens with zero attached hydrogens (tertiary/aromatic N) is 1. The van der Waals surface area contributed by atoms with Crippen molar-refractivity contribution in [1.29, 1.82) is 5.26 Å². The van der Waals surface area contributed by atoms with Gasteiger partial charge in [0.1, 0.15) is 5.60 Å². The van der Waals surface area contributed by atoms with Gasteiger partial charge in [-0.3, -0.25) is 5.32 Å². The van der Waals surface area contributed by atoms with E-state index >= 15 is 0 Å². The zero-order chi connectivity index (χ0) is 12.6. The number of carbonyl (C=O) groups is 1. The Hall–Kier alpha value is -2.06. The molecule has 0 unspecified atom stereocenters. The number of amides is 1. The second kappa shape index (κ2) is 6.43. The van der Waals surface area contributed by atoms with Crippen molar-refractivity contribution < 1.29 is 15.0 Å². The quantitative estimate of drug-likeness (QED) is 0.634. The standard InChI is InChI=1S/C7H7NO2.C4H7NO/c9-7(10)8-6-4-2-1-3-5-6;1-4(2,6)3-5/h1-5,8H,(H,9,10);6H,1-2H3. The van der Waals surface area contributed by atoms with Crippen LogP contribution in [0.15, 0.2) is 30.3 Å². The molecule has 1 aromatic rings. The maximum atomic E-state index is 10.1. The smallest absolute Gasteiger partial charge is 0.409 e. The Labute approximate surface area is 94.0 Å². The molecule has 0 spiro atoms. The first-order chi connectivity index (χ1) is 7.35. The molecule has 1 amide bonds. The predicted molar refractivity (Wildman–Crippen MR) is 60.0 cm³/mol. The van der Waals surface area contributed by atoms with Gasteiger partial charge in [-0.05, 0) is 26.0 Å². The van der Waals surface area contributed by atoms with E-state index in [1.165, 1.54) is 13.8 Å². The summed E-state index contributed by atoms with van der Waals surface area (Å²) >= 11 is 0. The van der Waals surface area contributed by atoms with Gasteiger partial charge in [0.2, 0.25) is 0 Å². The van der Waals surface area contributed by atoms with Crippen LogP contribution in [0.5, 0.6) is 0 Å². The maximum absolute atomic E-state index is 10.1. The zero-order valence-corrected chi connectivity index (χ0v) is 9.14. The topological polar surface area (TPSA) is 93.3 Å². The molecule has 5 heteroatoms. The Balaban J connectivity index is 0.000000325. The van der Waals surface area contributed by atoms with Gasteiger partial charge in [-0.2, -0.15) is 5.26 Å². The van der Waals surface area contributed by atoms with Crippen molar-refractivity contribution in [3.05, 3.63) is 30.3 Å². The van der Waals surface area contributed by atoms with Crippen molar-refractivity contribution in [1.82, 2.24) is 0 Å². The fourth-order valence-corrected chi connectivity index (χ4v) is 0.645. The molecule has 3 N–H and O–H groups in total. The Morgan fingerprint density at radius 2 is 1.81 bits per heavy atom. The highest BCUT2D eigenvalue weighted by molar-refractivity contribution is 5.82. The zero-order valence-electron chi connectivity index (χ0n) is 9.14. The van der Waals surface area contributed by atoms with E-state index in [0.717, 1.165) is 0 Å². The second-order valence-electron chi connectivity index (χ2n) is 3.47. The first-order valence-electron chi connectivity index (χ1n) is 4.54. The van der Waals surface area contributed by atoms with Crippen molar-refractivity contribution in [3.63, 3.8) is 0 Å². The highest BCUT2D eigenvalue weighted by Gasteiger charge is 2.07. The molecule has 1 aromatic carbocycles. The molecule has 0 bridgehead atoms. The third-order valence-corrected chi connectivity index (χ3v) is 1.30. The molecule has 5 nitrogen and oxygen atoms in total. The number of carboxylic acid groups (broad SMARTS) is 1. The summed E-state index contributed by atoms with van der Waals surface area (Å²) in [7, 11) is 0. The van der Waals surface area contributed by atoms with E-state index in [-0.39, 0.29) is 0 Å². The minimum atomic E-state index is -1.15. The first-order valence-corrected chi connectivity index (χ1v) is 4.54. The van der Waals surface area contributed by atoms with Gasteiger partial charge in [0.05, 0.1) is 6.07 Å². The highest BCUT2D eigenvalue weighted by atomic mass is 16.4. The van der Waals surface area contributed by atoms with Crippen LogP contribution in [0.2, 0.25) is 0 Å². The lowest BCUT2D eigenvalue weighted by Gasteiger charge is -2.00. The molecule has 0 saturated heterocycles. The van der Waals surface area contributed by atoms with Gasteiger partial charge in [0.25, 0.3) is 0 Å². The van der Waals surface area contributed by atoms with Crippen LogP contribution in [0.4, 0.5) is 10.5 Å². The van der Waals surface area contributed by atoms with Crippen LogP contribution in [0.3, 0.4) is 0 Å². The summed E-state index contributed by atoms with van der Waals surface area (Å²) in [6.45, 7) is 2.88. The first kappa shape index (κ1) is 13.9. The number of nitriles is 1. The maximum Gasteiger partial charge on any atom is 0.409 e. The van der Waals surface area contributed by atoms with Gasteiger partial charge in [-0.1, -0.05) is 18.2 Å². The summed E-state index contributed by atoms with van der Waals surface area (Å²) in [5, 5.41) is 26.8. The van der Waals surface area contributed by atoms with Crippen molar-refractivity contribution in [2.45, 2.75) is 19.4 Å². The summed E-state index contributed by atoms with van der Waals surface area (Å²) in [6.07, 6.45) is -1.04. The second-order valence-corrected chi connectivity index (χ2v) is 3.47. The molecular formula is C11H14N2O3. The molecule has 1 rings (SSSR count). The van der Waals surface area contributed by atoms with Gasteiger partial charge in [-0.25, -0.2) is 4.79 Å². The number of hydrogen-bond acceptors (Lipinski definition) is 3. The average molecular weight is 222 g/mol. The fraction of sp³-hybridized carbons (Fsp3) is 0.273. The molecule has 86 valence electrons. The molecule has 0 atom stereocenters. The molecule has 0 fully saturated rings. The van der Waals surface area contributed by atoms with Crippen molar-refractivity contribution >= 4 is 11.8 Å². The van der Waals surface area contributed by atoms with E-state index < -0.39 is 11.7 Å². The Morgan fingerprint density at radius 1 is 1.38 bits per heavy atom. The third kappa shape index (κ3) is 8.53. The molecule has 0 aliphatic carbocycles. The summed E-state index contributed by atoms with van der Waals surface area (Å²) < 4.78 is 0. The van der Waals surface area contributed by atoms with Crippen molar-refractivity contribution in [2.24, 2.45) is 0 Å². The lowest BCUT2D eigenvalue weighted by Crippen LogP contribution is -2.13. The lowest BCUT2D eigenvalue weighted by molar-refractivity contribution is 0.141. The van der Waals surface area contributed by atoms with Crippen molar-refractivity contribution in [3.8, 4) is 6.07 Å². The van der Waals surface area contributed by atoms with E-state index in [4.69, 9.17) is 15.5 Å². The van der Waals surface area contributed by atoms with Gasteiger partial charge < -0.3 is 10.2 Å². The minimum Gasteiger partial charge on any atom is -0.465 e. The lowest BCUT2D eigenvalue weighted by atomic mass is 10.2. The molecule has 0 aliphatic rings. The summed E-state index contributed by atoms with van der Waals surface area (Å²) in [4.78, 5) is 10.1. The van der Waals surface area contributed by atoms with E-state index in [1.54, 1.807) is 30.3 Å². The summed E-state index contributed by atoms with van der Waals surface area (Å²) in [5.41, 5.74) is -0.560.